The molecule has 1 fully saturated rings. The molecule has 7 nitrogen and oxygen atoms in total. The Bertz CT molecular complexity index is 1030. The maximum atomic E-state index is 12.7. The summed E-state index contributed by atoms with van der Waals surface area (Å²) in [6, 6.07) is 16.2. The molecule has 0 saturated carbocycles. The van der Waals surface area contributed by atoms with E-state index in [9.17, 15) is 14.7 Å². The van der Waals surface area contributed by atoms with E-state index in [0.29, 0.717) is 42.6 Å². The molecule has 0 radical (unpaired) electrons. The monoisotopic (exact) mass is 422 g/mol. The molecule has 8 heteroatoms. The number of rotatable bonds is 5. The van der Waals surface area contributed by atoms with E-state index >= 15 is 0 Å². The summed E-state index contributed by atoms with van der Waals surface area (Å²) in [7, 11) is 0. The molecule has 4 rings (SSSR count). The molecular formula is C22H22N4O3S. The Labute approximate surface area is 178 Å². The summed E-state index contributed by atoms with van der Waals surface area (Å²) in [4.78, 5) is 33.2. The van der Waals surface area contributed by atoms with E-state index in [1.54, 1.807) is 41.8 Å². The highest BCUT2D eigenvalue weighted by Gasteiger charge is 2.23. The van der Waals surface area contributed by atoms with Crippen molar-refractivity contribution >= 4 is 34.0 Å². The van der Waals surface area contributed by atoms with Crippen LogP contribution in [0.5, 0.6) is 5.75 Å². The van der Waals surface area contributed by atoms with Crippen LogP contribution in [0, 0.1) is 0 Å². The van der Waals surface area contributed by atoms with Crippen molar-refractivity contribution in [1.82, 2.24) is 9.88 Å². The molecule has 1 saturated heterocycles. The van der Waals surface area contributed by atoms with Crippen LogP contribution in [0.1, 0.15) is 16.1 Å². The van der Waals surface area contributed by atoms with Crippen LogP contribution in [0.3, 0.4) is 0 Å². The number of carbonyl (C=O) groups excluding carboxylic acids is 2. The topological polar surface area (TPSA) is 85.8 Å². The van der Waals surface area contributed by atoms with Gasteiger partial charge in [0.15, 0.2) is 5.13 Å². The summed E-state index contributed by atoms with van der Waals surface area (Å²) in [5.74, 6) is 0.0473. The largest absolute Gasteiger partial charge is 0.506 e. The maximum absolute atomic E-state index is 12.7. The average Bonchev–Trinajstić information content (AvgIpc) is 3.21. The van der Waals surface area contributed by atoms with Crippen molar-refractivity contribution in [3.63, 3.8) is 0 Å². The molecule has 2 amide bonds. The minimum absolute atomic E-state index is 0.0122. The average molecular weight is 423 g/mol. The molecule has 154 valence electrons. The zero-order valence-corrected chi connectivity index (χ0v) is 17.1. The summed E-state index contributed by atoms with van der Waals surface area (Å²) in [6.45, 7) is 2.52. The number of para-hydroxylation sites is 2. The Morgan fingerprint density at radius 2 is 1.70 bits per heavy atom. The summed E-state index contributed by atoms with van der Waals surface area (Å²) in [6.07, 6.45) is 0.203. The van der Waals surface area contributed by atoms with Crippen LogP contribution in [0.25, 0.3) is 0 Å². The van der Waals surface area contributed by atoms with Gasteiger partial charge in [-0.1, -0.05) is 30.3 Å². The third-order valence-electron chi connectivity index (χ3n) is 5.00. The van der Waals surface area contributed by atoms with Gasteiger partial charge >= 0.3 is 0 Å². The number of anilines is 2. The normalized spacial score (nSPS) is 13.9. The van der Waals surface area contributed by atoms with E-state index in [1.807, 2.05) is 23.1 Å². The molecule has 30 heavy (non-hydrogen) atoms. The van der Waals surface area contributed by atoms with Crippen molar-refractivity contribution in [1.29, 1.82) is 0 Å². The van der Waals surface area contributed by atoms with Gasteiger partial charge in [0.05, 0.1) is 17.8 Å². The second-order valence-electron chi connectivity index (χ2n) is 7.00. The predicted octanol–water partition coefficient (Wildman–Crippen LogP) is 2.99. The van der Waals surface area contributed by atoms with Crippen molar-refractivity contribution in [2.24, 2.45) is 0 Å². The maximum Gasteiger partial charge on any atom is 0.257 e. The van der Waals surface area contributed by atoms with Crippen LogP contribution in [-0.2, 0) is 11.2 Å². The van der Waals surface area contributed by atoms with Gasteiger partial charge in [0.1, 0.15) is 5.75 Å². The first-order chi connectivity index (χ1) is 14.6. The number of benzene rings is 2. The number of nitrogens with one attached hydrogen (secondary N) is 1. The molecule has 1 aromatic heterocycles. The Kier molecular flexibility index (Phi) is 5.94. The van der Waals surface area contributed by atoms with Crippen LogP contribution in [0.4, 0.5) is 10.8 Å². The smallest absolute Gasteiger partial charge is 0.257 e. The van der Waals surface area contributed by atoms with Gasteiger partial charge in [0.25, 0.3) is 5.91 Å². The number of amides is 2. The Morgan fingerprint density at radius 3 is 2.43 bits per heavy atom. The van der Waals surface area contributed by atoms with Crippen molar-refractivity contribution < 1.29 is 14.7 Å². The highest BCUT2D eigenvalue weighted by Crippen LogP contribution is 2.27. The second-order valence-corrected chi connectivity index (χ2v) is 7.86. The second kappa shape index (κ2) is 8.96. The van der Waals surface area contributed by atoms with Gasteiger partial charge in [0.2, 0.25) is 5.91 Å². The van der Waals surface area contributed by atoms with Gasteiger partial charge in [0, 0.05) is 37.1 Å². The van der Waals surface area contributed by atoms with Crippen LogP contribution >= 0.6 is 11.3 Å². The molecule has 2 N–H and O–H groups in total. The van der Waals surface area contributed by atoms with E-state index in [1.165, 1.54) is 11.3 Å². The molecule has 0 spiro atoms. The number of thiazole rings is 1. The van der Waals surface area contributed by atoms with Gasteiger partial charge in [-0.05, 0) is 24.3 Å². The number of piperazine rings is 1. The number of aromatic hydroxyl groups is 1. The predicted molar refractivity (Wildman–Crippen MR) is 117 cm³/mol. The molecule has 2 aromatic carbocycles. The zero-order valence-electron chi connectivity index (χ0n) is 16.3. The fraction of sp³-hybridized carbons (Fsp3) is 0.227. The third kappa shape index (κ3) is 4.60. The van der Waals surface area contributed by atoms with E-state index in [2.05, 4.69) is 15.2 Å². The SMILES string of the molecule is O=C(Nc1nc(CC(=O)N2CCN(c3ccccc3O)CC2)cs1)c1ccccc1. The first-order valence-electron chi connectivity index (χ1n) is 9.71. The standard InChI is InChI=1S/C22H22N4O3S/c27-19-9-5-4-8-18(19)25-10-12-26(13-11-25)20(28)14-17-15-30-22(23-17)24-21(29)16-6-2-1-3-7-16/h1-9,15,27H,10-14H2,(H,23,24,29). The number of hydrogen-bond donors (Lipinski definition) is 2. The fourth-order valence-electron chi connectivity index (χ4n) is 3.40. The zero-order chi connectivity index (χ0) is 20.9. The van der Waals surface area contributed by atoms with Gasteiger partial charge in [-0.3, -0.25) is 14.9 Å². The van der Waals surface area contributed by atoms with E-state index in [-0.39, 0.29) is 24.0 Å². The van der Waals surface area contributed by atoms with Crippen molar-refractivity contribution in [3.05, 3.63) is 71.2 Å². The summed E-state index contributed by atoms with van der Waals surface area (Å²) < 4.78 is 0. The molecular weight excluding hydrogens is 400 g/mol. The first-order valence-corrected chi connectivity index (χ1v) is 10.6. The first kappa shape index (κ1) is 19.9. The quantitative estimate of drug-likeness (QED) is 0.660. The van der Waals surface area contributed by atoms with Gasteiger partial charge in [-0.2, -0.15) is 0 Å². The number of aromatic nitrogens is 1. The Hall–Kier alpha value is -3.39. The lowest BCUT2D eigenvalue weighted by Gasteiger charge is -2.36. The van der Waals surface area contributed by atoms with Crippen molar-refractivity contribution in [2.45, 2.75) is 6.42 Å². The van der Waals surface area contributed by atoms with E-state index in [4.69, 9.17) is 0 Å². The molecule has 3 aromatic rings. The van der Waals surface area contributed by atoms with Crippen molar-refractivity contribution in [3.8, 4) is 5.75 Å². The Balaban J connectivity index is 1.30. The lowest BCUT2D eigenvalue weighted by molar-refractivity contribution is -0.130. The van der Waals surface area contributed by atoms with Crippen LogP contribution < -0.4 is 10.2 Å². The number of phenolic OH excluding ortho intramolecular Hbond substituents is 1. The van der Waals surface area contributed by atoms with Crippen LogP contribution in [-0.4, -0.2) is 53.0 Å². The van der Waals surface area contributed by atoms with Crippen LogP contribution in [0.2, 0.25) is 0 Å². The number of carbonyl (C=O) groups is 2. The minimum Gasteiger partial charge on any atom is -0.506 e. The Morgan fingerprint density at radius 1 is 1.00 bits per heavy atom. The third-order valence-corrected chi connectivity index (χ3v) is 5.80. The lowest BCUT2D eigenvalue weighted by atomic mass is 10.2. The summed E-state index contributed by atoms with van der Waals surface area (Å²) in [5, 5.41) is 15.1. The molecule has 2 heterocycles. The molecule has 0 unspecified atom stereocenters. The molecule has 0 aliphatic carbocycles. The fourth-order valence-corrected chi connectivity index (χ4v) is 4.10. The highest BCUT2D eigenvalue weighted by molar-refractivity contribution is 7.14. The summed E-state index contributed by atoms with van der Waals surface area (Å²) in [5.41, 5.74) is 2.01. The van der Waals surface area contributed by atoms with E-state index in [0.717, 1.165) is 5.69 Å². The highest BCUT2D eigenvalue weighted by atomic mass is 32.1. The number of phenols is 1. The van der Waals surface area contributed by atoms with Gasteiger partial charge in [-0.25, -0.2) is 4.98 Å². The number of hydrogen-bond acceptors (Lipinski definition) is 6. The summed E-state index contributed by atoms with van der Waals surface area (Å²) >= 11 is 1.31. The van der Waals surface area contributed by atoms with Gasteiger partial charge < -0.3 is 14.9 Å². The molecule has 0 bridgehead atoms. The number of nitrogens with zero attached hydrogens (tertiary/aromatic N) is 3. The molecule has 1 aliphatic heterocycles. The van der Waals surface area contributed by atoms with Crippen LogP contribution in [0.15, 0.2) is 60.0 Å². The molecule has 1 aliphatic rings. The molecule has 0 atom stereocenters. The van der Waals surface area contributed by atoms with Crippen molar-refractivity contribution in [2.75, 3.05) is 36.4 Å². The van der Waals surface area contributed by atoms with E-state index < -0.39 is 0 Å². The minimum atomic E-state index is -0.219. The van der Waals surface area contributed by atoms with Gasteiger partial charge in [-0.15, -0.1) is 11.3 Å². The lowest BCUT2D eigenvalue weighted by Crippen LogP contribution is -2.49.